The number of nitrogens with zero attached hydrogens (tertiary/aromatic N) is 1. The van der Waals surface area contributed by atoms with Crippen molar-refractivity contribution in [3.8, 4) is 0 Å². The van der Waals surface area contributed by atoms with Gasteiger partial charge in [0.25, 0.3) is 0 Å². The van der Waals surface area contributed by atoms with Gasteiger partial charge < -0.3 is 0 Å². The van der Waals surface area contributed by atoms with Gasteiger partial charge in [0.05, 0.1) is 0 Å². The minimum absolute atomic E-state index is 0.910. The van der Waals surface area contributed by atoms with Gasteiger partial charge in [0.15, 0.2) is 0 Å². The van der Waals surface area contributed by atoms with Crippen LogP contribution in [0.3, 0.4) is 0 Å². The molecule has 1 saturated heterocycles. The summed E-state index contributed by atoms with van der Waals surface area (Å²) < 4.78 is 0. The Balaban J connectivity index is 2.13. The molecular weight excluding hydrogens is 118 g/mol. The van der Waals surface area contributed by atoms with Crippen LogP contribution in [0.5, 0.6) is 0 Å². The zero-order chi connectivity index (χ0) is 5.82. The van der Waals surface area contributed by atoms with Crippen LogP contribution < -0.4 is 5.32 Å². The number of rotatable bonds is 1. The molecule has 0 bridgehead atoms. The minimum Gasteiger partial charge on any atom is -0.242 e. The normalized spacial score (nSPS) is 23.6. The highest BCUT2D eigenvalue weighted by molar-refractivity contribution is 7.99. The fourth-order valence-electron chi connectivity index (χ4n) is 0.962. The SMILES string of the molecule is CSC1CC[N]CC1. The van der Waals surface area contributed by atoms with E-state index in [4.69, 9.17) is 0 Å². The molecular formula is C6H12NS. The lowest BCUT2D eigenvalue weighted by Gasteiger charge is -2.18. The molecule has 1 nitrogen and oxygen atoms in total. The molecule has 47 valence electrons. The summed E-state index contributed by atoms with van der Waals surface area (Å²) in [7, 11) is 0. The molecule has 0 spiro atoms. The Morgan fingerprint density at radius 1 is 1.38 bits per heavy atom. The van der Waals surface area contributed by atoms with Crippen molar-refractivity contribution in [2.24, 2.45) is 0 Å². The summed E-state index contributed by atoms with van der Waals surface area (Å²) in [5, 5.41) is 5.17. The first-order chi connectivity index (χ1) is 3.93. The highest BCUT2D eigenvalue weighted by Gasteiger charge is 2.10. The van der Waals surface area contributed by atoms with Crippen LogP contribution in [0.2, 0.25) is 0 Å². The Kier molecular flexibility index (Phi) is 2.70. The van der Waals surface area contributed by atoms with Gasteiger partial charge in [-0.2, -0.15) is 11.8 Å². The van der Waals surface area contributed by atoms with Gasteiger partial charge >= 0.3 is 0 Å². The van der Waals surface area contributed by atoms with Gasteiger partial charge in [0, 0.05) is 18.3 Å². The van der Waals surface area contributed by atoms with E-state index in [9.17, 15) is 0 Å². The van der Waals surface area contributed by atoms with E-state index in [0.29, 0.717) is 0 Å². The Hall–Kier alpha value is 0.310. The van der Waals surface area contributed by atoms with Crippen LogP contribution in [-0.2, 0) is 0 Å². The van der Waals surface area contributed by atoms with Crippen molar-refractivity contribution in [3.63, 3.8) is 0 Å². The van der Waals surface area contributed by atoms with Crippen molar-refractivity contribution in [1.29, 1.82) is 0 Å². The second-order valence-electron chi connectivity index (χ2n) is 2.11. The lowest BCUT2D eigenvalue weighted by Crippen LogP contribution is -2.23. The van der Waals surface area contributed by atoms with Crippen LogP contribution in [0.15, 0.2) is 0 Å². The third-order valence-electron chi connectivity index (χ3n) is 1.55. The highest BCUT2D eigenvalue weighted by Crippen LogP contribution is 2.16. The summed E-state index contributed by atoms with van der Waals surface area (Å²) in [6.45, 7) is 2.21. The number of thioether (sulfide) groups is 1. The number of hydrogen-bond acceptors (Lipinski definition) is 1. The molecule has 0 amide bonds. The smallest absolute Gasteiger partial charge is 0.0143 e. The van der Waals surface area contributed by atoms with Crippen LogP contribution in [0, 0.1) is 0 Å². The van der Waals surface area contributed by atoms with Gasteiger partial charge in [-0.25, -0.2) is 5.32 Å². The molecule has 0 aliphatic carbocycles. The summed E-state index contributed by atoms with van der Waals surface area (Å²) in [6, 6.07) is 0. The van der Waals surface area contributed by atoms with Gasteiger partial charge in [-0.15, -0.1) is 0 Å². The van der Waals surface area contributed by atoms with E-state index >= 15 is 0 Å². The van der Waals surface area contributed by atoms with Crippen molar-refractivity contribution in [2.45, 2.75) is 18.1 Å². The highest BCUT2D eigenvalue weighted by atomic mass is 32.2. The predicted molar refractivity (Wildman–Crippen MR) is 38.4 cm³/mol. The van der Waals surface area contributed by atoms with Crippen molar-refractivity contribution >= 4 is 11.8 Å². The van der Waals surface area contributed by atoms with Crippen LogP contribution in [0.25, 0.3) is 0 Å². The maximum atomic E-state index is 4.26. The van der Waals surface area contributed by atoms with Crippen molar-refractivity contribution in [2.75, 3.05) is 19.3 Å². The van der Waals surface area contributed by atoms with Crippen LogP contribution in [0.4, 0.5) is 0 Å². The summed E-state index contributed by atoms with van der Waals surface area (Å²) in [5.41, 5.74) is 0. The maximum Gasteiger partial charge on any atom is 0.0143 e. The number of hydrogen-bond donors (Lipinski definition) is 0. The molecule has 1 aliphatic heterocycles. The molecule has 0 unspecified atom stereocenters. The lowest BCUT2D eigenvalue weighted by molar-refractivity contribution is 0.523. The topological polar surface area (TPSA) is 14.1 Å². The zero-order valence-corrected chi connectivity index (χ0v) is 6.08. The van der Waals surface area contributed by atoms with E-state index in [0.717, 1.165) is 18.3 Å². The standard InChI is InChI=1S/C6H12NS/c1-8-6-2-4-7-5-3-6/h6H,2-5H2,1H3. The average molecular weight is 130 g/mol. The second-order valence-corrected chi connectivity index (χ2v) is 3.24. The lowest BCUT2D eigenvalue weighted by atomic mass is 10.2. The Labute approximate surface area is 55.2 Å². The van der Waals surface area contributed by atoms with E-state index in [1.165, 1.54) is 12.8 Å². The third kappa shape index (κ3) is 1.67. The van der Waals surface area contributed by atoms with Crippen LogP contribution >= 0.6 is 11.8 Å². The van der Waals surface area contributed by atoms with Crippen LogP contribution in [0.1, 0.15) is 12.8 Å². The Bertz CT molecular complexity index is 59.5. The Morgan fingerprint density at radius 3 is 2.38 bits per heavy atom. The molecule has 0 atom stereocenters. The largest absolute Gasteiger partial charge is 0.242 e. The van der Waals surface area contributed by atoms with Gasteiger partial charge in [-0.05, 0) is 19.1 Å². The molecule has 0 N–H and O–H groups in total. The molecule has 2 heteroatoms. The first kappa shape index (κ1) is 6.43. The monoisotopic (exact) mass is 130 g/mol. The number of piperidine rings is 1. The van der Waals surface area contributed by atoms with E-state index in [1.54, 1.807) is 0 Å². The van der Waals surface area contributed by atoms with E-state index in [2.05, 4.69) is 11.6 Å². The van der Waals surface area contributed by atoms with Gasteiger partial charge in [0.1, 0.15) is 0 Å². The molecule has 0 aromatic heterocycles. The predicted octanol–water partition coefficient (Wildman–Crippen LogP) is 1.12. The molecule has 0 aromatic carbocycles. The summed E-state index contributed by atoms with van der Waals surface area (Å²) in [6.07, 6.45) is 4.80. The molecule has 1 aliphatic rings. The van der Waals surface area contributed by atoms with Crippen molar-refractivity contribution < 1.29 is 0 Å². The zero-order valence-electron chi connectivity index (χ0n) is 5.26. The molecule has 1 fully saturated rings. The Morgan fingerprint density at radius 2 is 2.00 bits per heavy atom. The molecule has 0 aromatic rings. The minimum atomic E-state index is 0.910. The van der Waals surface area contributed by atoms with Crippen LogP contribution in [-0.4, -0.2) is 24.6 Å². The molecule has 1 radical (unpaired) electrons. The first-order valence-corrected chi connectivity index (χ1v) is 4.38. The van der Waals surface area contributed by atoms with Gasteiger partial charge in [-0.1, -0.05) is 0 Å². The third-order valence-corrected chi connectivity index (χ3v) is 2.69. The summed E-state index contributed by atoms with van der Waals surface area (Å²) >= 11 is 1.99. The molecule has 1 heterocycles. The fraction of sp³-hybridized carbons (Fsp3) is 1.00. The summed E-state index contributed by atoms with van der Waals surface area (Å²) in [4.78, 5) is 0. The van der Waals surface area contributed by atoms with E-state index < -0.39 is 0 Å². The molecule has 0 saturated carbocycles. The summed E-state index contributed by atoms with van der Waals surface area (Å²) in [5.74, 6) is 0. The van der Waals surface area contributed by atoms with Gasteiger partial charge in [-0.3, -0.25) is 0 Å². The quantitative estimate of drug-likeness (QED) is 0.518. The maximum absolute atomic E-state index is 4.26. The molecule has 1 rings (SSSR count). The van der Waals surface area contributed by atoms with E-state index in [1.807, 2.05) is 11.8 Å². The molecule has 8 heavy (non-hydrogen) atoms. The van der Waals surface area contributed by atoms with E-state index in [-0.39, 0.29) is 0 Å². The average Bonchev–Trinajstić information content (AvgIpc) is 1.90. The second kappa shape index (κ2) is 3.36. The van der Waals surface area contributed by atoms with Crippen molar-refractivity contribution in [3.05, 3.63) is 0 Å². The van der Waals surface area contributed by atoms with Crippen molar-refractivity contribution in [1.82, 2.24) is 5.32 Å². The van der Waals surface area contributed by atoms with Gasteiger partial charge in [0.2, 0.25) is 0 Å². The fourth-order valence-corrected chi connectivity index (χ4v) is 1.64. The first-order valence-electron chi connectivity index (χ1n) is 3.09.